The van der Waals surface area contributed by atoms with Crippen molar-refractivity contribution in [2.75, 3.05) is 0 Å². The van der Waals surface area contributed by atoms with Crippen molar-refractivity contribution in [2.45, 2.75) is 125 Å². The van der Waals surface area contributed by atoms with Crippen molar-refractivity contribution in [3.63, 3.8) is 0 Å². The number of benzene rings is 6. The summed E-state index contributed by atoms with van der Waals surface area (Å²) in [5.41, 5.74) is 32.5. The Hall–Kier alpha value is -4.54. The Morgan fingerprint density at radius 3 is 0.362 bits per heavy atom. The van der Waals surface area contributed by atoms with Gasteiger partial charge in [0.2, 0.25) is 0 Å². The van der Waals surface area contributed by atoms with Crippen LogP contribution in [-0.2, 0) is 17.4 Å². The molecule has 58 heavy (non-hydrogen) atoms. The maximum atomic E-state index is 2.34. The van der Waals surface area contributed by atoms with Gasteiger partial charge in [-0.3, -0.25) is 0 Å². The first-order valence-corrected chi connectivity index (χ1v) is 20.7. The molecule has 0 saturated carbocycles. The molecule has 1 radical (unpaired) electrons. The Balaban J connectivity index is 0.000000231. The van der Waals surface area contributed by atoms with Crippen molar-refractivity contribution in [3.8, 4) is 0 Å². The van der Waals surface area contributed by atoms with Gasteiger partial charge in [0.15, 0.2) is 0 Å². The van der Waals surface area contributed by atoms with Gasteiger partial charge in [0.25, 0.3) is 0 Å². The summed E-state index contributed by atoms with van der Waals surface area (Å²) in [4.78, 5) is 0. The van der Waals surface area contributed by atoms with Gasteiger partial charge in [0, 0.05) is 0 Å². The summed E-state index contributed by atoms with van der Waals surface area (Å²) < 4.78 is 0. The fourth-order valence-electron chi connectivity index (χ4n) is 8.95. The number of hydrogen-bond donors (Lipinski definition) is 0. The molecule has 0 atom stereocenters. The molecule has 0 aliphatic carbocycles. The Morgan fingerprint density at radius 2 is 0.276 bits per heavy atom. The average Bonchev–Trinajstić information content (AvgIpc) is 3.05. The molecular weight excluding hydrogens is 737 g/mol. The quantitative estimate of drug-likeness (QED) is 0.147. The van der Waals surface area contributed by atoms with Crippen LogP contribution in [0.15, 0.2) is 72.8 Å². The standard InChI is InChI=1S/3C19H23.Cr/c3*1-12-7-14(3)18(15(4)8-12)11-19-16(5)9-13(2)10-17(19)6;/h3*7-11H,1-6H3;/q3*-1;+3. The van der Waals surface area contributed by atoms with Gasteiger partial charge < -0.3 is 0 Å². The molecule has 0 saturated heterocycles. The minimum atomic E-state index is 0. The van der Waals surface area contributed by atoms with Gasteiger partial charge in [0.1, 0.15) is 0 Å². The summed E-state index contributed by atoms with van der Waals surface area (Å²) >= 11 is 0. The van der Waals surface area contributed by atoms with E-state index in [0.29, 0.717) is 0 Å². The second kappa shape index (κ2) is 20.4. The smallest absolute Gasteiger partial charge is 0.125 e. The van der Waals surface area contributed by atoms with Crippen molar-refractivity contribution in [1.82, 2.24) is 0 Å². The molecule has 6 aromatic rings. The first-order valence-electron chi connectivity index (χ1n) is 20.7. The first-order chi connectivity index (χ1) is 26.6. The molecule has 0 aliphatic rings. The van der Waals surface area contributed by atoms with Crippen LogP contribution in [0.5, 0.6) is 0 Å². The topological polar surface area (TPSA) is 0 Å². The molecule has 6 rings (SSSR count). The Morgan fingerprint density at radius 1 is 0.190 bits per heavy atom. The van der Waals surface area contributed by atoms with Crippen LogP contribution in [-0.4, -0.2) is 0 Å². The molecule has 0 unspecified atom stereocenters. The maximum Gasteiger partial charge on any atom is 3.00 e. The van der Waals surface area contributed by atoms with E-state index in [4.69, 9.17) is 0 Å². The van der Waals surface area contributed by atoms with Crippen molar-refractivity contribution >= 4 is 0 Å². The van der Waals surface area contributed by atoms with Crippen LogP contribution < -0.4 is 0 Å². The van der Waals surface area contributed by atoms with E-state index in [2.05, 4.69) is 217 Å². The fraction of sp³-hybridized carbons (Fsp3) is 0.316. The van der Waals surface area contributed by atoms with Gasteiger partial charge >= 0.3 is 17.4 Å². The minimum absolute atomic E-state index is 0. The van der Waals surface area contributed by atoms with Crippen LogP contribution in [0, 0.1) is 144 Å². The summed E-state index contributed by atoms with van der Waals surface area (Å²) in [6.07, 6.45) is 7.02. The van der Waals surface area contributed by atoms with Crippen LogP contribution in [0.25, 0.3) is 0 Å². The third kappa shape index (κ3) is 12.2. The van der Waals surface area contributed by atoms with Crippen LogP contribution in [0.4, 0.5) is 0 Å². The minimum Gasteiger partial charge on any atom is -0.125 e. The van der Waals surface area contributed by atoms with Gasteiger partial charge in [0.05, 0.1) is 0 Å². The zero-order valence-corrected chi connectivity index (χ0v) is 40.3. The van der Waals surface area contributed by atoms with E-state index in [1.54, 1.807) is 0 Å². The predicted octanol–water partition coefficient (Wildman–Crippen LogP) is 15.4. The second-order valence-corrected chi connectivity index (χ2v) is 17.3. The van der Waals surface area contributed by atoms with E-state index in [0.717, 1.165) is 0 Å². The molecule has 0 fully saturated rings. The molecule has 303 valence electrons. The van der Waals surface area contributed by atoms with Crippen LogP contribution >= 0.6 is 0 Å². The average molecular weight is 806 g/mol. The van der Waals surface area contributed by atoms with Gasteiger partial charge in [-0.25, -0.2) is 0 Å². The third-order valence-electron chi connectivity index (χ3n) is 11.3. The van der Waals surface area contributed by atoms with Crippen molar-refractivity contribution in [3.05, 3.63) is 226 Å². The summed E-state index contributed by atoms with van der Waals surface area (Å²) in [6, 6.07) is 27.1. The summed E-state index contributed by atoms with van der Waals surface area (Å²) in [6.45, 7) is 39.3. The molecule has 0 heterocycles. The number of aryl methyl sites for hydroxylation is 18. The van der Waals surface area contributed by atoms with Crippen molar-refractivity contribution in [1.29, 1.82) is 0 Å². The molecule has 6 aromatic carbocycles. The van der Waals surface area contributed by atoms with E-state index in [1.165, 1.54) is 134 Å². The van der Waals surface area contributed by atoms with E-state index < -0.39 is 0 Å². The van der Waals surface area contributed by atoms with Crippen molar-refractivity contribution in [2.24, 2.45) is 0 Å². The zero-order chi connectivity index (χ0) is 42.5. The van der Waals surface area contributed by atoms with E-state index >= 15 is 0 Å². The van der Waals surface area contributed by atoms with Crippen LogP contribution in [0.2, 0.25) is 0 Å². The number of hydrogen-bond acceptors (Lipinski definition) is 0. The molecule has 0 aliphatic heterocycles. The van der Waals surface area contributed by atoms with Crippen LogP contribution in [0.1, 0.15) is 134 Å². The zero-order valence-electron chi connectivity index (χ0n) is 39.1. The van der Waals surface area contributed by atoms with E-state index in [1.807, 2.05) is 0 Å². The molecule has 0 amide bonds. The summed E-state index contributed by atoms with van der Waals surface area (Å²) in [5.74, 6) is 0. The summed E-state index contributed by atoms with van der Waals surface area (Å²) in [7, 11) is 0. The maximum absolute atomic E-state index is 2.34. The largest absolute Gasteiger partial charge is 3.00 e. The molecule has 0 nitrogen and oxygen atoms in total. The van der Waals surface area contributed by atoms with E-state index in [9.17, 15) is 0 Å². The first kappa shape index (κ1) is 47.8. The van der Waals surface area contributed by atoms with Gasteiger partial charge in [-0.2, -0.15) is 0 Å². The molecule has 0 N–H and O–H groups in total. The monoisotopic (exact) mass is 805 g/mol. The third-order valence-corrected chi connectivity index (χ3v) is 11.3. The van der Waals surface area contributed by atoms with Gasteiger partial charge in [-0.05, 0) is 41.5 Å². The Labute approximate surface area is 365 Å². The molecule has 1 heteroatoms. The second-order valence-electron chi connectivity index (χ2n) is 17.3. The van der Waals surface area contributed by atoms with Gasteiger partial charge in [-0.1, -0.05) is 189 Å². The Kier molecular flexibility index (Phi) is 16.9. The Bertz CT molecular complexity index is 1830. The van der Waals surface area contributed by atoms with E-state index in [-0.39, 0.29) is 17.4 Å². The predicted molar refractivity (Wildman–Crippen MR) is 251 cm³/mol. The number of rotatable bonds is 6. The molecule has 0 aromatic heterocycles. The van der Waals surface area contributed by atoms with Crippen LogP contribution in [0.3, 0.4) is 0 Å². The summed E-state index contributed by atoms with van der Waals surface area (Å²) in [5, 5.41) is 0. The normalized spacial score (nSPS) is 10.4. The molecule has 0 spiro atoms. The molecule has 0 bridgehead atoms. The van der Waals surface area contributed by atoms with Crippen molar-refractivity contribution < 1.29 is 17.4 Å². The molecular formula is C57H69Cr. The van der Waals surface area contributed by atoms with Gasteiger partial charge in [-0.15, -0.1) is 119 Å². The SMILES string of the molecule is Cc1cc(C)c([CH-]c2c(C)cc(C)cc2C)c(C)c1.Cc1cc(C)c([CH-]c2c(C)cc(C)cc2C)c(C)c1.Cc1cc(C)c([CH-]c2c(C)cc(C)cc2C)c(C)c1.[Cr+3]. The fourth-order valence-corrected chi connectivity index (χ4v) is 8.95.